The van der Waals surface area contributed by atoms with Gasteiger partial charge in [-0.25, -0.2) is 4.39 Å². The quantitative estimate of drug-likeness (QED) is 0.511. The molecule has 0 aromatic heterocycles. The van der Waals surface area contributed by atoms with Gasteiger partial charge in [-0.3, -0.25) is 0 Å². The first-order chi connectivity index (χ1) is 4.81. The van der Waals surface area contributed by atoms with E-state index in [2.05, 4.69) is 0 Å². The molecule has 1 radical (unpaired) electrons. The summed E-state index contributed by atoms with van der Waals surface area (Å²) in [6, 6.07) is 7.94. The van der Waals surface area contributed by atoms with Crippen molar-refractivity contribution >= 4 is 7.69 Å². The first-order valence-corrected chi connectivity index (χ1v) is 2.62. The predicted octanol–water partition coefficient (Wildman–Crippen LogP) is 0.331. The lowest BCUT2D eigenvalue weighted by Crippen LogP contribution is -1.75. The van der Waals surface area contributed by atoms with Crippen LogP contribution in [0.1, 0.15) is 0 Å². The van der Waals surface area contributed by atoms with Crippen LogP contribution in [0.4, 0.5) is 4.39 Å². The van der Waals surface area contributed by atoms with Crippen LogP contribution in [-0.2, 0) is 0 Å². The molecule has 2 nitrogen and oxygen atoms in total. The van der Waals surface area contributed by atoms with Gasteiger partial charge in [0.05, 0.1) is 0 Å². The Labute approximate surface area is 59.2 Å². The molecule has 0 heterocycles. The van der Waals surface area contributed by atoms with Crippen LogP contribution < -0.4 is 0 Å². The van der Waals surface area contributed by atoms with E-state index in [0.717, 1.165) is 0 Å². The molecule has 53 valence electrons. The molecule has 0 aliphatic heterocycles. The van der Waals surface area contributed by atoms with Gasteiger partial charge in [0.25, 0.3) is 0 Å². The van der Waals surface area contributed by atoms with E-state index >= 15 is 0 Å². The fraction of sp³-hybridized carbons (Fsp3) is 0. The third-order valence-electron chi connectivity index (χ3n) is 0.733. The zero-order valence-electron chi connectivity index (χ0n) is 5.24. The minimum Gasteiger partial charge on any atom is -0.429 e. The molecule has 10 heavy (non-hydrogen) atoms. The van der Waals surface area contributed by atoms with E-state index in [1.807, 2.05) is 0 Å². The molecule has 0 aliphatic carbocycles. The molecule has 1 aromatic carbocycles. The molecule has 0 fully saturated rings. The molecule has 0 amide bonds. The van der Waals surface area contributed by atoms with E-state index in [1.165, 1.54) is 12.1 Å². The maximum atomic E-state index is 11.9. The Bertz CT molecular complexity index is 157. The van der Waals surface area contributed by atoms with E-state index in [9.17, 15) is 4.39 Å². The van der Waals surface area contributed by atoms with Gasteiger partial charge in [0.15, 0.2) is 0 Å². The van der Waals surface area contributed by atoms with Crippen LogP contribution in [0.3, 0.4) is 0 Å². The highest BCUT2D eigenvalue weighted by atomic mass is 19.1. The van der Waals surface area contributed by atoms with Gasteiger partial charge in [-0.05, 0) is 12.1 Å². The molecule has 0 saturated carbocycles. The Hall–Kier alpha value is -0.865. The summed E-state index contributed by atoms with van der Waals surface area (Å²) >= 11 is 0. The summed E-state index contributed by atoms with van der Waals surface area (Å²) in [5.74, 6) is -0.178. The number of benzene rings is 1. The number of rotatable bonds is 0. The van der Waals surface area contributed by atoms with E-state index in [4.69, 9.17) is 10.0 Å². The van der Waals surface area contributed by atoms with Crippen LogP contribution in [0.15, 0.2) is 30.3 Å². The first kappa shape index (κ1) is 9.13. The van der Waals surface area contributed by atoms with E-state index in [-0.39, 0.29) is 13.5 Å². The topological polar surface area (TPSA) is 40.5 Å². The van der Waals surface area contributed by atoms with Gasteiger partial charge < -0.3 is 10.0 Å². The molecule has 0 bridgehead atoms. The van der Waals surface area contributed by atoms with Crippen molar-refractivity contribution in [2.75, 3.05) is 0 Å². The SMILES string of the molecule is Fc1ccccc1.O[B]O. The Morgan fingerprint density at radius 3 is 1.70 bits per heavy atom. The van der Waals surface area contributed by atoms with Gasteiger partial charge in [-0.2, -0.15) is 0 Å². The van der Waals surface area contributed by atoms with Gasteiger partial charge in [0.2, 0.25) is 0 Å². The third-order valence-corrected chi connectivity index (χ3v) is 0.733. The Morgan fingerprint density at radius 2 is 1.50 bits per heavy atom. The first-order valence-electron chi connectivity index (χ1n) is 2.62. The largest absolute Gasteiger partial charge is 0.482 e. The summed E-state index contributed by atoms with van der Waals surface area (Å²) in [6.07, 6.45) is 0. The molecular weight excluding hydrogens is 134 g/mol. The van der Waals surface area contributed by atoms with Crippen LogP contribution >= 0.6 is 0 Å². The normalized spacial score (nSPS) is 7.50. The summed E-state index contributed by atoms with van der Waals surface area (Å²) in [4.78, 5) is 0. The Balaban J connectivity index is 0.000000236. The average molecular weight is 141 g/mol. The fourth-order valence-corrected chi connectivity index (χ4v) is 0.415. The number of halogens is 1. The summed E-state index contributed by atoms with van der Waals surface area (Å²) in [6.45, 7) is 0. The van der Waals surface area contributed by atoms with Gasteiger partial charge >= 0.3 is 7.69 Å². The zero-order chi connectivity index (χ0) is 7.82. The van der Waals surface area contributed by atoms with Crippen molar-refractivity contribution in [3.8, 4) is 0 Å². The molecule has 2 N–H and O–H groups in total. The van der Waals surface area contributed by atoms with Crippen LogP contribution in [0.5, 0.6) is 0 Å². The molecule has 1 rings (SSSR count). The van der Waals surface area contributed by atoms with Crippen LogP contribution in [0.2, 0.25) is 0 Å². The van der Waals surface area contributed by atoms with Gasteiger partial charge in [-0.1, -0.05) is 18.2 Å². The highest BCUT2D eigenvalue weighted by Crippen LogP contribution is 1.91. The zero-order valence-corrected chi connectivity index (χ0v) is 5.24. The highest BCUT2D eigenvalue weighted by Gasteiger charge is 1.77. The lowest BCUT2D eigenvalue weighted by molar-refractivity contribution is 0.448. The minimum atomic E-state index is -0.178. The molecule has 4 heteroatoms. The number of hydrogen-bond donors (Lipinski definition) is 2. The lowest BCUT2D eigenvalue weighted by Gasteiger charge is -1.78. The molecule has 0 atom stereocenters. The number of hydrogen-bond acceptors (Lipinski definition) is 2. The standard InChI is InChI=1S/C6H5F.BH2O2/c7-6-4-2-1-3-5-6;2-1-3/h1-5H;2-3H. The summed E-state index contributed by atoms with van der Waals surface area (Å²) < 4.78 is 11.9. The smallest absolute Gasteiger partial charge is 0.429 e. The summed E-state index contributed by atoms with van der Waals surface area (Å²) in [7, 11) is 0. The van der Waals surface area contributed by atoms with Crippen molar-refractivity contribution in [3.63, 3.8) is 0 Å². The third kappa shape index (κ3) is 5.28. The second-order valence-corrected chi connectivity index (χ2v) is 1.41. The van der Waals surface area contributed by atoms with Crippen molar-refractivity contribution in [2.24, 2.45) is 0 Å². The summed E-state index contributed by atoms with van der Waals surface area (Å²) in [5.41, 5.74) is 0. The van der Waals surface area contributed by atoms with Crippen molar-refractivity contribution in [1.82, 2.24) is 0 Å². The molecule has 0 saturated heterocycles. The van der Waals surface area contributed by atoms with Crippen molar-refractivity contribution in [1.29, 1.82) is 0 Å². The van der Waals surface area contributed by atoms with Gasteiger partial charge in [0, 0.05) is 0 Å². The Morgan fingerprint density at radius 1 is 1.10 bits per heavy atom. The second-order valence-electron chi connectivity index (χ2n) is 1.41. The maximum Gasteiger partial charge on any atom is 0.482 e. The van der Waals surface area contributed by atoms with E-state index in [1.54, 1.807) is 18.2 Å². The fourth-order valence-electron chi connectivity index (χ4n) is 0.415. The monoisotopic (exact) mass is 141 g/mol. The second kappa shape index (κ2) is 6.26. The van der Waals surface area contributed by atoms with Gasteiger partial charge in [0.1, 0.15) is 5.82 Å². The van der Waals surface area contributed by atoms with Crippen molar-refractivity contribution in [2.45, 2.75) is 0 Å². The Kier molecular flexibility index (Phi) is 5.72. The van der Waals surface area contributed by atoms with E-state index < -0.39 is 0 Å². The maximum absolute atomic E-state index is 11.9. The average Bonchev–Trinajstić information content (AvgIpc) is 1.91. The van der Waals surface area contributed by atoms with Crippen molar-refractivity contribution in [3.05, 3.63) is 36.1 Å². The molecule has 0 spiro atoms. The minimum absolute atomic E-state index is 0. The molecule has 0 aliphatic rings. The summed E-state index contributed by atoms with van der Waals surface area (Å²) in [5, 5.41) is 14.0. The molecule has 0 unspecified atom stereocenters. The van der Waals surface area contributed by atoms with Crippen LogP contribution in [0, 0.1) is 5.82 Å². The van der Waals surface area contributed by atoms with E-state index in [0.29, 0.717) is 0 Å². The predicted molar refractivity (Wildman–Crippen MR) is 36.6 cm³/mol. The van der Waals surface area contributed by atoms with Crippen LogP contribution in [0.25, 0.3) is 0 Å². The highest BCUT2D eigenvalue weighted by molar-refractivity contribution is 6.13. The molecular formula is C6H7BFO2. The van der Waals surface area contributed by atoms with Crippen LogP contribution in [-0.4, -0.2) is 17.7 Å². The van der Waals surface area contributed by atoms with Gasteiger partial charge in [-0.15, -0.1) is 0 Å². The lowest BCUT2D eigenvalue weighted by atomic mass is 10.4. The molecule has 1 aromatic rings. The van der Waals surface area contributed by atoms with Crippen molar-refractivity contribution < 1.29 is 14.4 Å².